The molecule has 3 N–H and O–H groups in total. The highest BCUT2D eigenvalue weighted by Crippen LogP contribution is 2.24. The number of nitrogens with two attached hydrogens (primary N) is 1. The lowest BCUT2D eigenvalue weighted by Gasteiger charge is -2.16. The molecular formula is C12H20N2. The normalized spacial score (nSPS) is 13.2. The quantitative estimate of drug-likeness (QED) is 0.723. The number of rotatable bonds is 3. The van der Waals surface area contributed by atoms with Crippen LogP contribution >= 0.6 is 0 Å². The highest BCUT2D eigenvalue weighted by molar-refractivity contribution is 5.50. The molecule has 78 valence electrons. The lowest BCUT2D eigenvalue weighted by atomic mass is 9.97. The van der Waals surface area contributed by atoms with Gasteiger partial charge in [0.1, 0.15) is 0 Å². The average Bonchev–Trinajstić information content (AvgIpc) is 2.17. The zero-order chi connectivity index (χ0) is 10.7. The highest BCUT2D eigenvalue weighted by Gasteiger charge is 2.08. The SMILES string of the molecule is CNC(C)c1cc(C(C)C)ccc1N. The Kier molecular flexibility index (Phi) is 3.53. The summed E-state index contributed by atoms with van der Waals surface area (Å²) in [6.07, 6.45) is 0. The number of benzene rings is 1. The van der Waals surface area contributed by atoms with E-state index in [4.69, 9.17) is 5.73 Å². The van der Waals surface area contributed by atoms with E-state index in [9.17, 15) is 0 Å². The summed E-state index contributed by atoms with van der Waals surface area (Å²) in [4.78, 5) is 0. The molecule has 0 radical (unpaired) electrons. The van der Waals surface area contributed by atoms with Crippen LogP contribution in [0.3, 0.4) is 0 Å². The molecule has 1 aromatic carbocycles. The van der Waals surface area contributed by atoms with Crippen molar-refractivity contribution in [2.45, 2.75) is 32.7 Å². The third-order valence-corrected chi connectivity index (χ3v) is 2.68. The molecule has 1 aromatic rings. The molecule has 0 fully saturated rings. The molecule has 0 heterocycles. The molecule has 0 aliphatic carbocycles. The van der Waals surface area contributed by atoms with Crippen molar-refractivity contribution >= 4 is 5.69 Å². The highest BCUT2D eigenvalue weighted by atomic mass is 14.9. The predicted octanol–water partition coefficient (Wildman–Crippen LogP) is 2.67. The fourth-order valence-corrected chi connectivity index (χ4v) is 1.48. The van der Waals surface area contributed by atoms with Gasteiger partial charge in [-0.15, -0.1) is 0 Å². The largest absolute Gasteiger partial charge is 0.398 e. The lowest BCUT2D eigenvalue weighted by Crippen LogP contribution is -2.14. The number of anilines is 1. The summed E-state index contributed by atoms with van der Waals surface area (Å²) in [5, 5.41) is 3.21. The Hall–Kier alpha value is -1.02. The Morgan fingerprint density at radius 1 is 1.21 bits per heavy atom. The first-order valence-corrected chi connectivity index (χ1v) is 5.12. The van der Waals surface area contributed by atoms with Gasteiger partial charge in [-0.3, -0.25) is 0 Å². The molecule has 0 bridgehead atoms. The Morgan fingerprint density at radius 3 is 2.36 bits per heavy atom. The van der Waals surface area contributed by atoms with Gasteiger partial charge < -0.3 is 11.1 Å². The number of hydrogen-bond acceptors (Lipinski definition) is 2. The molecule has 1 unspecified atom stereocenters. The monoisotopic (exact) mass is 192 g/mol. The summed E-state index contributed by atoms with van der Waals surface area (Å²) < 4.78 is 0. The lowest BCUT2D eigenvalue weighted by molar-refractivity contribution is 0.652. The second-order valence-electron chi connectivity index (χ2n) is 4.05. The van der Waals surface area contributed by atoms with Gasteiger partial charge in [0.15, 0.2) is 0 Å². The minimum absolute atomic E-state index is 0.314. The maximum atomic E-state index is 5.93. The van der Waals surface area contributed by atoms with Crippen molar-refractivity contribution in [2.24, 2.45) is 0 Å². The maximum absolute atomic E-state index is 5.93. The van der Waals surface area contributed by atoms with Gasteiger partial charge in [0, 0.05) is 11.7 Å². The van der Waals surface area contributed by atoms with E-state index in [2.05, 4.69) is 38.2 Å². The zero-order valence-corrected chi connectivity index (χ0v) is 9.46. The smallest absolute Gasteiger partial charge is 0.0362 e. The van der Waals surface area contributed by atoms with E-state index in [1.165, 1.54) is 11.1 Å². The minimum Gasteiger partial charge on any atom is -0.398 e. The molecule has 2 nitrogen and oxygen atoms in total. The first kappa shape index (κ1) is 11.1. The molecule has 0 aliphatic rings. The van der Waals surface area contributed by atoms with Crippen LogP contribution in [0.4, 0.5) is 5.69 Å². The molecule has 0 saturated heterocycles. The summed E-state index contributed by atoms with van der Waals surface area (Å²) >= 11 is 0. The van der Waals surface area contributed by atoms with Crippen LogP contribution < -0.4 is 11.1 Å². The minimum atomic E-state index is 0.314. The van der Waals surface area contributed by atoms with Gasteiger partial charge in [-0.1, -0.05) is 26.0 Å². The summed E-state index contributed by atoms with van der Waals surface area (Å²) in [5.74, 6) is 0.554. The predicted molar refractivity (Wildman–Crippen MR) is 62.4 cm³/mol. The van der Waals surface area contributed by atoms with Crippen LogP contribution in [0.1, 0.15) is 43.9 Å². The third-order valence-electron chi connectivity index (χ3n) is 2.68. The van der Waals surface area contributed by atoms with E-state index in [0.29, 0.717) is 12.0 Å². The van der Waals surface area contributed by atoms with Crippen molar-refractivity contribution in [3.8, 4) is 0 Å². The molecule has 14 heavy (non-hydrogen) atoms. The molecule has 0 saturated carbocycles. The van der Waals surface area contributed by atoms with Gasteiger partial charge in [0.05, 0.1) is 0 Å². The molecule has 1 rings (SSSR count). The average molecular weight is 192 g/mol. The standard InChI is InChI=1S/C12H20N2/c1-8(2)10-5-6-12(13)11(7-10)9(3)14-4/h5-9,14H,13H2,1-4H3. The summed E-state index contributed by atoms with van der Waals surface area (Å²) in [6, 6.07) is 6.61. The first-order chi connectivity index (χ1) is 6.56. The molecule has 0 aromatic heterocycles. The molecular weight excluding hydrogens is 172 g/mol. The Morgan fingerprint density at radius 2 is 1.86 bits per heavy atom. The first-order valence-electron chi connectivity index (χ1n) is 5.12. The maximum Gasteiger partial charge on any atom is 0.0362 e. The van der Waals surface area contributed by atoms with Gasteiger partial charge >= 0.3 is 0 Å². The molecule has 0 aliphatic heterocycles. The fourth-order valence-electron chi connectivity index (χ4n) is 1.48. The third kappa shape index (κ3) is 2.26. The van der Waals surface area contributed by atoms with Crippen LogP contribution in [0.15, 0.2) is 18.2 Å². The van der Waals surface area contributed by atoms with Crippen LogP contribution in [0.25, 0.3) is 0 Å². The number of nitrogen functional groups attached to an aromatic ring is 1. The van der Waals surface area contributed by atoms with E-state index in [1.807, 2.05) is 13.1 Å². The number of hydrogen-bond donors (Lipinski definition) is 2. The van der Waals surface area contributed by atoms with Crippen LogP contribution in [-0.2, 0) is 0 Å². The van der Waals surface area contributed by atoms with Crippen molar-refractivity contribution in [3.63, 3.8) is 0 Å². The van der Waals surface area contributed by atoms with Crippen LogP contribution in [0, 0.1) is 0 Å². The van der Waals surface area contributed by atoms with Gasteiger partial charge in [0.2, 0.25) is 0 Å². The zero-order valence-electron chi connectivity index (χ0n) is 9.46. The summed E-state index contributed by atoms with van der Waals surface area (Å²) in [5.41, 5.74) is 9.33. The van der Waals surface area contributed by atoms with Crippen LogP contribution in [0.5, 0.6) is 0 Å². The second kappa shape index (κ2) is 4.47. The second-order valence-corrected chi connectivity index (χ2v) is 4.05. The molecule has 2 heteroatoms. The Labute approximate surface area is 86.5 Å². The molecule has 1 atom stereocenters. The van der Waals surface area contributed by atoms with E-state index in [0.717, 1.165) is 5.69 Å². The van der Waals surface area contributed by atoms with Gasteiger partial charge in [-0.05, 0) is 37.1 Å². The number of nitrogens with one attached hydrogen (secondary N) is 1. The molecule has 0 spiro atoms. The topological polar surface area (TPSA) is 38.0 Å². The van der Waals surface area contributed by atoms with Crippen molar-refractivity contribution in [2.75, 3.05) is 12.8 Å². The van der Waals surface area contributed by atoms with E-state index >= 15 is 0 Å². The molecule has 0 amide bonds. The van der Waals surface area contributed by atoms with Crippen molar-refractivity contribution in [3.05, 3.63) is 29.3 Å². The summed E-state index contributed by atoms with van der Waals surface area (Å²) in [7, 11) is 1.95. The van der Waals surface area contributed by atoms with E-state index in [1.54, 1.807) is 0 Å². The van der Waals surface area contributed by atoms with Gasteiger partial charge in [-0.2, -0.15) is 0 Å². The Balaban J connectivity index is 3.08. The van der Waals surface area contributed by atoms with E-state index < -0.39 is 0 Å². The van der Waals surface area contributed by atoms with Gasteiger partial charge in [-0.25, -0.2) is 0 Å². The van der Waals surface area contributed by atoms with Crippen molar-refractivity contribution < 1.29 is 0 Å². The van der Waals surface area contributed by atoms with E-state index in [-0.39, 0.29) is 0 Å². The van der Waals surface area contributed by atoms with Crippen LogP contribution in [-0.4, -0.2) is 7.05 Å². The van der Waals surface area contributed by atoms with Gasteiger partial charge in [0.25, 0.3) is 0 Å². The fraction of sp³-hybridized carbons (Fsp3) is 0.500. The summed E-state index contributed by atoms with van der Waals surface area (Å²) in [6.45, 7) is 6.51. The van der Waals surface area contributed by atoms with Crippen LogP contribution in [0.2, 0.25) is 0 Å². The van der Waals surface area contributed by atoms with Crippen molar-refractivity contribution in [1.29, 1.82) is 0 Å². The Bertz CT molecular complexity index is 305. The van der Waals surface area contributed by atoms with Crippen molar-refractivity contribution in [1.82, 2.24) is 5.32 Å².